The van der Waals surface area contributed by atoms with Crippen LogP contribution in [0.5, 0.6) is 0 Å². The number of nitrogens with zero attached hydrogens (tertiary/aromatic N) is 1. The summed E-state index contributed by atoms with van der Waals surface area (Å²) in [5.74, 6) is 1.11. The number of halogens is 2. The van der Waals surface area contributed by atoms with Gasteiger partial charge in [-0.05, 0) is 31.2 Å². The fraction of sp³-hybridized carbons (Fsp3) is 0.0667. The standard InChI is InChI=1S/C15H10Cl2N2O2S/c1-8-5-6-12(21-8)11-7-22-15(18-11)19-14(20)9-3-2-4-10(16)13(9)17/h2-7H,1H3,(H,18,19,20). The molecule has 1 aromatic carbocycles. The normalized spacial score (nSPS) is 10.7. The molecule has 0 fully saturated rings. The molecule has 3 aromatic rings. The minimum absolute atomic E-state index is 0.222. The van der Waals surface area contributed by atoms with E-state index in [-0.39, 0.29) is 10.9 Å². The summed E-state index contributed by atoms with van der Waals surface area (Å²) in [6, 6.07) is 8.60. The van der Waals surface area contributed by atoms with Crippen molar-refractivity contribution in [1.29, 1.82) is 0 Å². The van der Waals surface area contributed by atoms with E-state index in [9.17, 15) is 4.79 Å². The predicted molar refractivity (Wildman–Crippen MR) is 89.0 cm³/mol. The van der Waals surface area contributed by atoms with Crippen LogP contribution in [0.15, 0.2) is 40.1 Å². The highest BCUT2D eigenvalue weighted by molar-refractivity contribution is 7.14. The first-order valence-corrected chi connectivity index (χ1v) is 7.96. The smallest absolute Gasteiger partial charge is 0.259 e. The van der Waals surface area contributed by atoms with Crippen molar-refractivity contribution in [3.8, 4) is 11.5 Å². The monoisotopic (exact) mass is 352 g/mol. The number of carbonyl (C=O) groups excluding carboxylic acids is 1. The molecule has 112 valence electrons. The zero-order valence-corrected chi connectivity index (χ0v) is 13.7. The third-order valence-corrected chi connectivity index (χ3v) is 4.49. The minimum Gasteiger partial charge on any atom is -0.460 e. The summed E-state index contributed by atoms with van der Waals surface area (Å²) in [7, 11) is 0. The zero-order valence-electron chi connectivity index (χ0n) is 11.4. The molecule has 0 radical (unpaired) electrons. The maximum absolute atomic E-state index is 12.2. The summed E-state index contributed by atoms with van der Waals surface area (Å²) in [5.41, 5.74) is 0.977. The summed E-state index contributed by atoms with van der Waals surface area (Å²) in [6.45, 7) is 1.86. The maximum atomic E-state index is 12.2. The fourth-order valence-corrected chi connectivity index (χ4v) is 2.94. The Hall–Kier alpha value is -1.82. The van der Waals surface area contributed by atoms with Crippen molar-refractivity contribution in [2.24, 2.45) is 0 Å². The molecule has 1 amide bonds. The summed E-state index contributed by atoms with van der Waals surface area (Å²) in [4.78, 5) is 16.6. The van der Waals surface area contributed by atoms with E-state index >= 15 is 0 Å². The number of rotatable bonds is 3. The Balaban J connectivity index is 1.80. The lowest BCUT2D eigenvalue weighted by Crippen LogP contribution is -2.12. The molecule has 2 heterocycles. The third kappa shape index (κ3) is 3.02. The first-order chi connectivity index (χ1) is 10.5. The minimum atomic E-state index is -0.357. The number of hydrogen-bond acceptors (Lipinski definition) is 4. The molecule has 0 spiro atoms. The van der Waals surface area contributed by atoms with E-state index in [4.69, 9.17) is 27.6 Å². The number of thiazole rings is 1. The highest BCUT2D eigenvalue weighted by atomic mass is 35.5. The van der Waals surface area contributed by atoms with Crippen molar-refractivity contribution in [3.63, 3.8) is 0 Å². The van der Waals surface area contributed by atoms with Gasteiger partial charge in [0.2, 0.25) is 0 Å². The number of aryl methyl sites for hydroxylation is 1. The largest absolute Gasteiger partial charge is 0.460 e. The summed E-state index contributed by atoms with van der Waals surface area (Å²) in [6.07, 6.45) is 0. The Morgan fingerprint density at radius 2 is 2.09 bits per heavy atom. The average molecular weight is 353 g/mol. The topological polar surface area (TPSA) is 55.1 Å². The van der Waals surface area contributed by atoms with Gasteiger partial charge in [0, 0.05) is 5.38 Å². The molecule has 0 bridgehead atoms. The first kappa shape index (κ1) is 15.1. The van der Waals surface area contributed by atoms with Gasteiger partial charge in [-0.2, -0.15) is 0 Å². The Kier molecular flexibility index (Phi) is 4.20. The van der Waals surface area contributed by atoms with E-state index in [1.165, 1.54) is 11.3 Å². The van der Waals surface area contributed by atoms with Crippen molar-refractivity contribution >= 4 is 45.6 Å². The molecule has 3 rings (SSSR count). The van der Waals surface area contributed by atoms with Crippen LogP contribution in [-0.4, -0.2) is 10.9 Å². The van der Waals surface area contributed by atoms with Crippen molar-refractivity contribution in [1.82, 2.24) is 4.98 Å². The second-order valence-electron chi connectivity index (χ2n) is 4.50. The molecular weight excluding hydrogens is 343 g/mol. The van der Waals surface area contributed by atoms with Crippen molar-refractivity contribution < 1.29 is 9.21 Å². The fourth-order valence-electron chi connectivity index (χ4n) is 1.86. The van der Waals surface area contributed by atoms with Gasteiger partial charge in [0.1, 0.15) is 11.5 Å². The van der Waals surface area contributed by atoms with Crippen LogP contribution in [0.4, 0.5) is 5.13 Å². The number of carbonyl (C=O) groups is 1. The Labute approximate surface area is 140 Å². The number of aromatic nitrogens is 1. The van der Waals surface area contributed by atoms with E-state index in [0.29, 0.717) is 27.2 Å². The second kappa shape index (κ2) is 6.12. The molecule has 0 aliphatic rings. The molecule has 0 saturated heterocycles. The molecule has 0 aliphatic carbocycles. The molecular formula is C15H10Cl2N2O2S. The van der Waals surface area contributed by atoms with Crippen LogP contribution < -0.4 is 5.32 Å². The number of amides is 1. The van der Waals surface area contributed by atoms with Gasteiger partial charge in [-0.25, -0.2) is 4.98 Å². The average Bonchev–Trinajstić information content (AvgIpc) is 3.10. The molecule has 0 unspecified atom stereocenters. The van der Waals surface area contributed by atoms with E-state index in [2.05, 4.69) is 10.3 Å². The van der Waals surface area contributed by atoms with E-state index < -0.39 is 0 Å². The van der Waals surface area contributed by atoms with Crippen LogP contribution in [0.1, 0.15) is 16.1 Å². The Bertz CT molecular complexity index is 842. The highest BCUT2D eigenvalue weighted by Gasteiger charge is 2.15. The molecule has 7 heteroatoms. The van der Waals surface area contributed by atoms with Gasteiger partial charge in [-0.1, -0.05) is 29.3 Å². The summed E-state index contributed by atoms with van der Waals surface area (Å²) >= 11 is 13.3. The van der Waals surface area contributed by atoms with E-state index in [0.717, 1.165) is 5.76 Å². The van der Waals surface area contributed by atoms with Crippen molar-refractivity contribution in [3.05, 3.63) is 57.1 Å². The Morgan fingerprint density at radius 1 is 1.27 bits per heavy atom. The lowest BCUT2D eigenvalue weighted by Gasteiger charge is -2.04. The number of benzene rings is 1. The first-order valence-electron chi connectivity index (χ1n) is 6.32. The molecule has 2 aromatic heterocycles. The van der Waals surface area contributed by atoms with Gasteiger partial charge in [-0.3, -0.25) is 10.1 Å². The van der Waals surface area contributed by atoms with Gasteiger partial charge in [-0.15, -0.1) is 11.3 Å². The lowest BCUT2D eigenvalue weighted by atomic mass is 10.2. The van der Waals surface area contributed by atoms with Crippen LogP contribution in [0.2, 0.25) is 10.0 Å². The van der Waals surface area contributed by atoms with Gasteiger partial charge in [0.15, 0.2) is 10.9 Å². The zero-order chi connectivity index (χ0) is 15.7. The molecule has 4 nitrogen and oxygen atoms in total. The van der Waals surface area contributed by atoms with E-state index in [1.807, 2.05) is 24.4 Å². The van der Waals surface area contributed by atoms with Gasteiger partial charge < -0.3 is 4.42 Å². The molecule has 0 aliphatic heterocycles. The molecule has 0 atom stereocenters. The van der Waals surface area contributed by atoms with Crippen LogP contribution >= 0.6 is 34.5 Å². The van der Waals surface area contributed by atoms with Crippen molar-refractivity contribution in [2.75, 3.05) is 5.32 Å². The van der Waals surface area contributed by atoms with Crippen LogP contribution in [0.25, 0.3) is 11.5 Å². The summed E-state index contributed by atoms with van der Waals surface area (Å²) in [5, 5.41) is 5.54. The number of furan rings is 1. The molecule has 1 N–H and O–H groups in total. The van der Waals surface area contributed by atoms with Crippen LogP contribution in [-0.2, 0) is 0 Å². The molecule has 0 saturated carbocycles. The number of anilines is 1. The number of hydrogen-bond donors (Lipinski definition) is 1. The van der Waals surface area contributed by atoms with Crippen LogP contribution in [0.3, 0.4) is 0 Å². The van der Waals surface area contributed by atoms with Crippen molar-refractivity contribution in [2.45, 2.75) is 6.92 Å². The highest BCUT2D eigenvalue weighted by Crippen LogP contribution is 2.29. The quantitative estimate of drug-likeness (QED) is 0.698. The predicted octanol–water partition coefficient (Wildman–Crippen LogP) is 5.27. The molecule has 22 heavy (non-hydrogen) atoms. The lowest BCUT2D eigenvalue weighted by molar-refractivity contribution is 0.102. The van der Waals surface area contributed by atoms with Gasteiger partial charge >= 0.3 is 0 Å². The maximum Gasteiger partial charge on any atom is 0.259 e. The van der Waals surface area contributed by atoms with Gasteiger partial charge in [0.05, 0.1) is 15.6 Å². The third-order valence-electron chi connectivity index (χ3n) is 2.91. The van der Waals surface area contributed by atoms with Crippen LogP contribution in [0, 0.1) is 6.92 Å². The SMILES string of the molecule is Cc1ccc(-c2csc(NC(=O)c3cccc(Cl)c3Cl)n2)o1. The second-order valence-corrected chi connectivity index (χ2v) is 6.15. The van der Waals surface area contributed by atoms with E-state index in [1.54, 1.807) is 18.2 Å². The number of nitrogens with one attached hydrogen (secondary N) is 1. The Morgan fingerprint density at radius 3 is 2.82 bits per heavy atom. The van der Waals surface area contributed by atoms with Gasteiger partial charge in [0.25, 0.3) is 5.91 Å². The summed E-state index contributed by atoms with van der Waals surface area (Å²) < 4.78 is 5.50.